The van der Waals surface area contributed by atoms with E-state index in [-0.39, 0.29) is 35.0 Å². The highest BCUT2D eigenvalue weighted by atomic mass is 32.1. The minimum Gasteiger partial charge on any atom is -0.545 e. The van der Waals surface area contributed by atoms with Gasteiger partial charge in [-0.1, -0.05) is 17.9 Å². The van der Waals surface area contributed by atoms with Crippen molar-refractivity contribution < 1.29 is 70.6 Å². The summed E-state index contributed by atoms with van der Waals surface area (Å²) in [6.07, 6.45) is -3.17. The molecule has 0 amide bonds. The van der Waals surface area contributed by atoms with Crippen molar-refractivity contribution in [3.63, 3.8) is 0 Å². The average molecular weight is 964 g/mol. The molecule has 1 fully saturated rings. The molecule has 27 heteroatoms. The predicted molar refractivity (Wildman–Crippen MR) is 232 cm³/mol. The smallest absolute Gasteiger partial charge is 0.490 e. The second-order valence-corrected chi connectivity index (χ2v) is 19.2. The summed E-state index contributed by atoms with van der Waals surface area (Å²) in [6, 6.07) is 15.9. The number of nitrogens with zero attached hydrogens (tertiary/aromatic N) is 4. The average Bonchev–Trinajstić information content (AvgIpc) is 3.55. The molecule has 23 nitrogen and oxygen atoms in total. The Bertz CT molecular complexity index is 2980. The van der Waals surface area contributed by atoms with Crippen LogP contribution in [-0.2, 0) is 31.6 Å². The quantitative estimate of drug-likeness (QED) is 0.0270. The monoisotopic (exact) mass is 963 g/mol. The lowest BCUT2D eigenvalue weighted by Crippen LogP contribution is -2.29. The number of thiocarbonyl (C=S) groups is 1. The number of aromatic carboxylic acids is 1. The summed E-state index contributed by atoms with van der Waals surface area (Å²) in [7, 11) is -9.34. The third-order valence-corrected chi connectivity index (χ3v) is 13.4. The van der Waals surface area contributed by atoms with Gasteiger partial charge in [0.2, 0.25) is 5.36 Å². The van der Waals surface area contributed by atoms with Crippen molar-refractivity contribution in [2.75, 3.05) is 57.3 Å². The van der Waals surface area contributed by atoms with Crippen molar-refractivity contribution in [2.45, 2.75) is 24.9 Å². The minimum atomic E-state index is -5.78. The van der Waals surface area contributed by atoms with Gasteiger partial charge in [0.1, 0.15) is 43.6 Å². The summed E-state index contributed by atoms with van der Waals surface area (Å²) in [4.78, 5) is 67.4. The van der Waals surface area contributed by atoms with Crippen LogP contribution < -0.4 is 42.0 Å². The number of aromatic nitrogens is 2. The minimum absolute atomic E-state index is 0.0574. The number of fused-ring (bicyclic) bond motifs is 2. The Morgan fingerprint density at radius 3 is 2.47 bits per heavy atom. The molecule has 340 valence electrons. The number of rotatable bonds is 13. The van der Waals surface area contributed by atoms with Crippen molar-refractivity contribution in [2.24, 2.45) is 0 Å². The lowest BCUT2D eigenvalue weighted by molar-refractivity contribution is -0.254. The first-order valence-electron chi connectivity index (χ1n) is 18.5. The number of carbonyl (C=O) groups is 1. The normalized spacial score (nSPS) is 18.1. The number of anilines is 3. The van der Waals surface area contributed by atoms with Crippen molar-refractivity contribution in [3.05, 3.63) is 87.8 Å². The fourth-order valence-corrected chi connectivity index (χ4v) is 9.67. The molecule has 6 rings (SSSR count). The standard InChI is InChI=1S/C37H40N7O16P3S/c1-42(2)22-8-11-25-29(15-22)57-30-16-23(43(3)4)9-12-26(30)33(25)27-14-21(7-10-24(27)35(46)47)40-36(64)39-13-5-6-20-18-44(37(48)41-34(20)38)32-17-28(45)31(58-32)19-56-62(52,53)60-63(54,55)59-61(49,50)51/h7-12,14-16,18,28,31-32,45H,13,17,19H2,1-4H3,(H8-,38,39,40,41,46,47,48,49,50,51,52,53,54,55,64)/t28-,31+,32+/m0/s1. The molecule has 1 aromatic heterocycles. The van der Waals surface area contributed by atoms with Crippen molar-refractivity contribution in [1.29, 1.82) is 0 Å². The van der Waals surface area contributed by atoms with Gasteiger partial charge in [0.15, 0.2) is 5.11 Å². The Hall–Kier alpha value is -5.34. The number of aliphatic hydroxyl groups is 1. The molecule has 2 aliphatic heterocycles. The molecule has 3 aliphatic rings. The van der Waals surface area contributed by atoms with Gasteiger partial charge >= 0.3 is 29.2 Å². The van der Waals surface area contributed by atoms with E-state index in [9.17, 15) is 43.3 Å². The van der Waals surface area contributed by atoms with Crippen LogP contribution in [-0.4, -0.2) is 98.9 Å². The van der Waals surface area contributed by atoms with Crippen molar-refractivity contribution in [3.8, 4) is 34.3 Å². The van der Waals surface area contributed by atoms with Gasteiger partial charge in [-0.3, -0.25) is 9.09 Å². The van der Waals surface area contributed by atoms with E-state index >= 15 is 0 Å². The molecule has 0 spiro atoms. The van der Waals surface area contributed by atoms with Crippen LogP contribution in [0.1, 0.15) is 28.6 Å². The third-order valence-electron chi connectivity index (χ3n) is 9.36. The summed E-state index contributed by atoms with van der Waals surface area (Å²) >= 11 is 5.51. The van der Waals surface area contributed by atoms with Crippen LogP contribution in [0, 0.1) is 11.8 Å². The van der Waals surface area contributed by atoms with E-state index in [1.807, 2.05) is 74.1 Å². The lowest BCUT2D eigenvalue weighted by Gasteiger charge is -2.21. The number of carboxylic acids is 1. The van der Waals surface area contributed by atoms with E-state index in [1.165, 1.54) is 18.3 Å². The van der Waals surface area contributed by atoms with Gasteiger partial charge in [0.25, 0.3) is 0 Å². The third kappa shape index (κ3) is 11.7. The number of ether oxygens (including phenoxy) is 1. The molecule has 0 saturated carbocycles. The fourth-order valence-electron chi connectivity index (χ4n) is 6.45. The zero-order valence-electron chi connectivity index (χ0n) is 34.0. The molecule has 5 atom stereocenters. The van der Waals surface area contributed by atoms with Gasteiger partial charge < -0.3 is 65.0 Å². The molecule has 2 unspecified atom stereocenters. The van der Waals surface area contributed by atoms with E-state index in [0.29, 0.717) is 39.1 Å². The van der Waals surface area contributed by atoms with Crippen LogP contribution in [0.15, 0.2) is 70.0 Å². The van der Waals surface area contributed by atoms with Crippen LogP contribution in [0.2, 0.25) is 0 Å². The van der Waals surface area contributed by atoms with Gasteiger partial charge in [0, 0.05) is 72.3 Å². The number of carboxylic acid groups (broad SMARTS) is 1. The first kappa shape index (κ1) is 48.1. The molecule has 1 saturated heterocycles. The molecule has 64 heavy (non-hydrogen) atoms. The number of hydrogen-bond donors (Lipinski definition) is 8. The Balaban J connectivity index is 1.17. The van der Waals surface area contributed by atoms with Gasteiger partial charge in [-0.05, 0) is 48.1 Å². The van der Waals surface area contributed by atoms with Crippen LogP contribution in [0.3, 0.4) is 0 Å². The Kier molecular flexibility index (Phi) is 14.3. The maximum atomic E-state index is 12.8. The highest BCUT2D eigenvalue weighted by molar-refractivity contribution is 7.80. The SMILES string of the molecule is CN(C)c1ccc2c(-c3cc(NC(=S)NCC#Cc4cn([C@H]5C[C@H](O)[C@@H](COP(=O)(O)OP(=O)(O)OP(=O)(O)O)O5)c(=O)nc4N)ccc3C(=O)[O-])c3ccc(=[N+](C)C)cc-3oc2c1. The van der Waals surface area contributed by atoms with Crippen molar-refractivity contribution in [1.82, 2.24) is 19.4 Å². The topological polar surface area (TPSA) is 334 Å². The van der Waals surface area contributed by atoms with Gasteiger partial charge in [0.05, 0.1) is 36.9 Å². The van der Waals surface area contributed by atoms with Crippen LogP contribution >= 0.6 is 35.7 Å². The van der Waals surface area contributed by atoms with E-state index in [1.54, 1.807) is 6.07 Å². The van der Waals surface area contributed by atoms with E-state index < -0.39 is 60.2 Å². The maximum absolute atomic E-state index is 12.8. The zero-order chi connectivity index (χ0) is 46.9. The molecule has 0 bridgehead atoms. The summed E-state index contributed by atoms with van der Waals surface area (Å²) in [6.45, 7) is -1.02. The number of benzene rings is 3. The number of phosphoric ester groups is 1. The molecule has 3 heterocycles. The number of carbonyl (C=O) groups excluding carboxylic acids is 1. The molecule has 3 aromatic rings. The highest BCUT2D eigenvalue weighted by Gasteiger charge is 2.43. The largest absolute Gasteiger partial charge is 0.545 e. The highest BCUT2D eigenvalue weighted by Crippen LogP contribution is 2.66. The Morgan fingerprint density at radius 1 is 1.06 bits per heavy atom. The lowest BCUT2D eigenvalue weighted by atomic mass is 9.90. The van der Waals surface area contributed by atoms with Crippen LogP contribution in [0.4, 0.5) is 17.2 Å². The zero-order valence-corrected chi connectivity index (χ0v) is 37.5. The van der Waals surface area contributed by atoms with Crippen LogP contribution in [0.5, 0.6) is 0 Å². The number of aliphatic hydroxyl groups excluding tert-OH is 1. The molecule has 1 aliphatic carbocycles. The Labute approximate surface area is 368 Å². The van der Waals surface area contributed by atoms with E-state index in [2.05, 4.69) is 40.6 Å². The molecule has 0 radical (unpaired) electrons. The first-order valence-corrected chi connectivity index (χ1v) is 23.4. The summed E-state index contributed by atoms with van der Waals surface area (Å²) in [5, 5.41) is 30.6. The second kappa shape index (κ2) is 19.0. The first-order chi connectivity index (χ1) is 29.9. The summed E-state index contributed by atoms with van der Waals surface area (Å²) < 4.78 is 61.3. The summed E-state index contributed by atoms with van der Waals surface area (Å²) in [5.74, 6) is 4.44. The Morgan fingerprint density at radius 2 is 1.80 bits per heavy atom. The number of nitrogens with two attached hydrogens (primary N) is 1. The molecular weight excluding hydrogens is 923 g/mol. The van der Waals surface area contributed by atoms with Gasteiger partial charge in [-0.25, -0.2) is 23.1 Å². The van der Waals surface area contributed by atoms with Crippen molar-refractivity contribution >= 4 is 74.9 Å². The number of nitrogen functional groups attached to an aromatic ring is 1. The molecule has 2 aromatic carbocycles. The van der Waals surface area contributed by atoms with E-state index in [0.717, 1.165) is 15.6 Å². The van der Waals surface area contributed by atoms with Gasteiger partial charge in [-0.15, -0.1) is 0 Å². The second-order valence-electron chi connectivity index (χ2n) is 14.3. The molecule has 9 N–H and O–H groups in total. The number of phosphoric acid groups is 3. The fraction of sp³-hybridized carbons (Fsp3) is 0.270. The number of hydrogen-bond acceptors (Lipinski definition) is 16. The summed E-state index contributed by atoms with van der Waals surface area (Å²) in [5.41, 5.74) is 8.46. The van der Waals surface area contributed by atoms with E-state index in [4.69, 9.17) is 36.9 Å². The van der Waals surface area contributed by atoms with Crippen LogP contribution in [0.25, 0.3) is 33.4 Å². The predicted octanol–water partition coefficient (Wildman–Crippen LogP) is 1.13. The number of nitrogens with one attached hydrogen (secondary N) is 2. The van der Waals surface area contributed by atoms with Gasteiger partial charge in [-0.2, -0.15) is 13.6 Å². The maximum Gasteiger partial charge on any atom is 0.490 e. The molecular formula is C37H40N7O16P3S.